The third-order valence-corrected chi connectivity index (χ3v) is 4.13. The van der Waals surface area contributed by atoms with Crippen LogP contribution in [0.2, 0.25) is 5.02 Å². The molecular weight excluding hydrogens is 366 g/mol. The highest BCUT2D eigenvalue weighted by molar-refractivity contribution is 6.30. The molecule has 1 heterocycles. The number of ether oxygens (including phenoxy) is 1. The third kappa shape index (κ3) is 4.54. The second-order valence-corrected chi connectivity index (χ2v) is 6.16. The van der Waals surface area contributed by atoms with Gasteiger partial charge < -0.3 is 14.6 Å². The Labute approximate surface area is 161 Å². The number of aromatic nitrogens is 2. The molecule has 0 unspecified atom stereocenters. The quantitative estimate of drug-likeness (QED) is 0.622. The smallest absolute Gasteiger partial charge is 0.251 e. The van der Waals surface area contributed by atoms with E-state index in [2.05, 4.69) is 22.0 Å². The summed E-state index contributed by atoms with van der Waals surface area (Å²) in [6.07, 6.45) is 2.37. The number of nitrogens with one attached hydrogen (secondary N) is 1. The van der Waals surface area contributed by atoms with Crippen molar-refractivity contribution in [2.75, 3.05) is 7.11 Å². The second kappa shape index (κ2) is 8.51. The van der Waals surface area contributed by atoms with E-state index in [1.165, 1.54) is 0 Å². The number of methoxy groups -OCH3 is 1. The Hall–Kier alpha value is -3.12. The summed E-state index contributed by atoms with van der Waals surface area (Å²) < 4.78 is 10.5. The van der Waals surface area contributed by atoms with Crippen LogP contribution < -0.4 is 10.1 Å². The lowest BCUT2D eigenvalue weighted by molar-refractivity contribution is 0.0946. The first-order valence-corrected chi connectivity index (χ1v) is 8.63. The number of nitrogens with zero attached hydrogens (tertiary/aromatic N) is 2. The maximum Gasteiger partial charge on any atom is 0.251 e. The van der Waals surface area contributed by atoms with E-state index >= 15 is 0 Å². The van der Waals surface area contributed by atoms with E-state index in [1.807, 2.05) is 0 Å². The molecule has 0 saturated heterocycles. The summed E-state index contributed by atoms with van der Waals surface area (Å²) in [5.41, 5.74) is 2.19. The molecule has 0 atom stereocenters. The van der Waals surface area contributed by atoms with E-state index in [-0.39, 0.29) is 12.5 Å². The van der Waals surface area contributed by atoms with E-state index in [9.17, 15) is 4.79 Å². The summed E-state index contributed by atoms with van der Waals surface area (Å²) >= 11 is 5.87. The number of amides is 1. The van der Waals surface area contributed by atoms with Crippen LogP contribution in [0.15, 0.2) is 59.6 Å². The number of hydrogen-bond donors (Lipinski definition) is 1. The Morgan fingerprint density at radius 1 is 1.30 bits per heavy atom. The van der Waals surface area contributed by atoms with Crippen LogP contribution in [0.5, 0.6) is 5.75 Å². The first kappa shape index (κ1) is 18.7. The van der Waals surface area contributed by atoms with Gasteiger partial charge in [0, 0.05) is 16.1 Å². The van der Waals surface area contributed by atoms with E-state index in [0.29, 0.717) is 28.7 Å². The molecule has 6 nitrogen and oxygen atoms in total. The van der Waals surface area contributed by atoms with Crippen molar-refractivity contribution in [3.05, 3.63) is 77.2 Å². The van der Waals surface area contributed by atoms with Gasteiger partial charge in [0.25, 0.3) is 5.91 Å². The fourth-order valence-corrected chi connectivity index (χ4v) is 2.66. The highest BCUT2D eigenvalue weighted by Crippen LogP contribution is 2.21. The molecule has 0 spiro atoms. The monoisotopic (exact) mass is 383 g/mol. The fourth-order valence-electron chi connectivity index (χ4n) is 2.54. The van der Waals surface area contributed by atoms with E-state index in [1.54, 1.807) is 55.7 Å². The first-order valence-electron chi connectivity index (χ1n) is 8.25. The molecule has 27 heavy (non-hydrogen) atoms. The molecule has 0 bridgehead atoms. The predicted octanol–water partition coefficient (Wildman–Crippen LogP) is 4.06. The van der Waals surface area contributed by atoms with Gasteiger partial charge in [0.2, 0.25) is 11.7 Å². The maximum absolute atomic E-state index is 12.4. The summed E-state index contributed by atoms with van der Waals surface area (Å²) in [7, 11) is 1.59. The molecule has 0 radical (unpaired) electrons. The van der Waals surface area contributed by atoms with Gasteiger partial charge in [0.15, 0.2) is 0 Å². The Morgan fingerprint density at radius 3 is 2.78 bits per heavy atom. The minimum absolute atomic E-state index is 0.127. The van der Waals surface area contributed by atoms with Gasteiger partial charge in [0.1, 0.15) is 5.75 Å². The molecule has 1 aromatic heterocycles. The van der Waals surface area contributed by atoms with Crippen LogP contribution in [-0.2, 0) is 13.0 Å². The lowest BCUT2D eigenvalue weighted by atomic mass is 10.1. The van der Waals surface area contributed by atoms with Crippen molar-refractivity contribution >= 4 is 17.5 Å². The zero-order chi connectivity index (χ0) is 19.2. The summed E-state index contributed by atoms with van der Waals surface area (Å²) in [5, 5.41) is 7.32. The molecule has 3 rings (SSSR count). The highest BCUT2D eigenvalue weighted by atomic mass is 35.5. The molecule has 1 amide bonds. The summed E-state index contributed by atoms with van der Waals surface area (Å²) in [4.78, 5) is 16.7. The number of carbonyl (C=O) groups is 1. The van der Waals surface area contributed by atoms with Gasteiger partial charge in [-0.2, -0.15) is 4.98 Å². The van der Waals surface area contributed by atoms with Gasteiger partial charge >= 0.3 is 0 Å². The third-order valence-electron chi connectivity index (χ3n) is 3.88. The Morgan fingerprint density at radius 2 is 2.07 bits per heavy atom. The Balaban J connectivity index is 1.66. The zero-order valence-electron chi connectivity index (χ0n) is 14.7. The van der Waals surface area contributed by atoms with Crippen molar-refractivity contribution in [2.45, 2.75) is 13.0 Å². The normalized spacial score (nSPS) is 10.4. The van der Waals surface area contributed by atoms with Crippen molar-refractivity contribution in [1.29, 1.82) is 0 Å². The van der Waals surface area contributed by atoms with E-state index in [0.717, 1.165) is 16.9 Å². The van der Waals surface area contributed by atoms with Crippen LogP contribution in [0.25, 0.3) is 11.4 Å². The number of allylic oxidation sites excluding steroid dienone is 1. The van der Waals surface area contributed by atoms with Crippen LogP contribution in [-0.4, -0.2) is 23.2 Å². The molecule has 0 aliphatic carbocycles. The summed E-state index contributed by atoms with van der Waals surface area (Å²) in [6.45, 7) is 3.85. The predicted molar refractivity (Wildman–Crippen MR) is 103 cm³/mol. The molecular formula is C20H18ClN3O3. The van der Waals surface area contributed by atoms with Gasteiger partial charge in [-0.15, -0.1) is 6.58 Å². The van der Waals surface area contributed by atoms with Crippen LogP contribution in [0.1, 0.15) is 21.8 Å². The van der Waals surface area contributed by atoms with Crippen LogP contribution in [0.4, 0.5) is 0 Å². The number of benzene rings is 2. The van der Waals surface area contributed by atoms with Crippen molar-refractivity contribution < 1.29 is 14.1 Å². The standard InChI is InChI=1S/C20H18ClN3O3/c1-3-4-14-11-15(7-10-17(14)26-2)20(25)22-12-18-23-19(24-27-18)13-5-8-16(21)9-6-13/h3,5-11H,1,4,12H2,2H3,(H,22,25). The maximum atomic E-state index is 12.4. The largest absolute Gasteiger partial charge is 0.496 e. The van der Waals surface area contributed by atoms with Gasteiger partial charge in [-0.3, -0.25) is 4.79 Å². The van der Waals surface area contributed by atoms with Crippen LogP contribution >= 0.6 is 11.6 Å². The molecule has 1 N–H and O–H groups in total. The topological polar surface area (TPSA) is 77.3 Å². The molecule has 0 aliphatic heterocycles. The van der Waals surface area contributed by atoms with Gasteiger partial charge in [-0.05, 0) is 54.4 Å². The lowest BCUT2D eigenvalue weighted by Gasteiger charge is -2.09. The average molecular weight is 384 g/mol. The van der Waals surface area contributed by atoms with Gasteiger partial charge in [-0.25, -0.2) is 0 Å². The number of rotatable bonds is 7. The van der Waals surface area contributed by atoms with Crippen molar-refractivity contribution in [3.63, 3.8) is 0 Å². The number of hydrogen-bond acceptors (Lipinski definition) is 5. The first-order chi connectivity index (χ1) is 13.1. The molecule has 0 aliphatic rings. The minimum atomic E-state index is -0.241. The van der Waals surface area contributed by atoms with Crippen molar-refractivity contribution in [3.8, 4) is 17.1 Å². The van der Waals surface area contributed by atoms with Crippen molar-refractivity contribution in [1.82, 2.24) is 15.5 Å². The van der Waals surface area contributed by atoms with Crippen LogP contribution in [0.3, 0.4) is 0 Å². The highest BCUT2D eigenvalue weighted by Gasteiger charge is 2.13. The minimum Gasteiger partial charge on any atom is -0.496 e. The van der Waals surface area contributed by atoms with E-state index in [4.69, 9.17) is 20.9 Å². The molecule has 7 heteroatoms. The lowest BCUT2D eigenvalue weighted by Crippen LogP contribution is -2.23. The summed E-state index contributed by atoms with van der Waals surface area (Å²) in [5.74, 6) is 1.23. The fraction of sp³-hybridized carbons (Fsp3) is 0.150. The van der Waals surface area contributed by atoms with Crippen LogP contribution in [0, 0.1) is 0 Å². The molecule has 2 aromatic carbocycles. The number of carbonyl (C=O) groups excluding carboxylic acids is 1. The number of halogens is 1. The summed E-state index contributed by atoms with van der Waals surface area (Å²) in [6, 6.07) is 12.3. The SMILES string of the molecule is C=CCc1cc(C(=O)NCc2nc(-c3ccc(Cl)cc3)no2)ccc1OC. The Kier molecular flexibility index (Phi) is 5.88. The molecule has 0 fully saturated rings. The molecule has 138 valence electrons. The second-order valence-electron chi connectivity index (χ2n) is 5.72. The molecule has 0 saturated carbocycles. The van der Waals surface area contributed by atoms with E-state index < -0.39 is 0 Å². The van der Waals surface area contributed by atoms with Gasteiger partial charge in [0.05, 0.1) is 13.7 Å². The van der Waals surface area contributed by atoms with Gasteiger partial charge in [-0.1, -0.05) is 22.8 Å². The zero-order valence-corrected chi connectivity index (χ0v) is 15.5. The van der Waals surface area contributed by atoms with Crippen molar-refractivity contribution in [2.24, 2.45) is 0 Å². The molecule has 3 aromatic rings. The average Bonchev–Trinajstić information content (AvgIpc) is 3.16. The Bertz CT molecular complexity index is 951.